The van der Waals surface area contributed by atoms with Gasteiger partial charge in [-0.1, -0.05) is 19.1 Å². The number of hydrogen-bond donors (Lipinski definition) is 3. The van der Waals surface area contributed by atoms with E-state index >= 15 is 0 Å². The monoisotopic (exact) mass is 159 g/mol. The quantitative estimate of drug-likeness (QED) is 0.299. The molecule has 11 heavy (non-hydrogen) atoms. The fraction of sp³-hybridized carbons (Fsp3) is 1.00. The molecule has 0 rings (SSSR count). The SMILES string of the molecule is CC(C)NCCC(N)N=NN. The Labute approximate surface area is 67.2 Å². The van der Waals surface area contributed by atoms with Crippen molar-refractivity contribution in [2.75, 3.05) is 6.54 Å². The molecule has 0 aliphatic rings. The Kier molecular flexibility index (Phi) is 5.68. The van der Waals surface area contributed by atoms with Crippen molar-refractivity contribution in [2.24, 2.45) is 21.9 Å². The fourth-order valence-corrected chi connectivity index (χ4v) is 0.663. The van der Waals surface area contributed by atoms with Gasteiger partial charge in [-0.2, -0.15) is 5.11 Å². The second-order valence-corrected chi connectivity index (χ2v) is 2.70. The summed E-state index contributed by atoms with van der Waals surface area (Å²) >= 11 is 0. The maximum absolute atomic E-state index is 5.49. The van der Waals surface area contributed by atoms with E-state index in [1.807, 2.05) is 0 Å². The molecule has 0 aliphatic heterocycles. The molecule has 0 spiro atoms. The van der Waals surface area contributed by atoms with Gasteiger partial charge < -0.3 is 16.9 Å². The van der Waals surface area contributed by atoms with Crippen LogP contribution in [-0.2, 0) is 0 Å². The van der Waals surface area contributed by atoms with Crippen molar-refractivity contribution in [3.63, 3.8) is 0 Å². The van der Waals surface area contributed by atoms with E-state index in [1.165, 1.54) is 0 Å². The van der Waals surface area contributed by atoms with Crippen LogP contribution in [0, 0.1) is 0 Å². The molecule has 5 nitrogen and oxygen atoms in total. The Balaban J connectivity index is 3.24. The lowest BCUT2D eigenvalue weighted by atomic mass is 10.3. The summed E-state index contributed by atoms with van der Waals surface area (Å²) in [5.41, 5.74) is 5.49. The molecule has 0 radical (unpaired) electrons. The lowest BCUT2D eigenvalue weighted by Gasteiger charge is -2.08. The van der Waals surface area contributed by atoms with Gasteiger partial charge in [-0.3, -0.25) is 0 Å². The van der Waals surface area contributed by atoms with Crippen LogP contribution in [0.5, 0.6) is 0 Å². The first kappa shape index (κ1) is 10.3. The van der Waals surface area contributed by atoms with Gasteiger partial charge in [0, 0.05) is 6.04 Å². The number of nitrogens with one attached hydrogen (secondary N) is 1. The lowest BCUT2D eigenvalue weighted by molar-refractivity contribution is 0.519. The Hall–Kier alpha value is -0.680. The maximum Gasteiger partial charge on any atom is 0.121 e. The molecule has 1 atom stereocenters. The van der Waals surface area contributed by atoms with Crippen LogP contribution >= 0.6 is 0 Å². The van der Waals surface area contributed by atoms with Gasteiger partial charge in [0.25, 0.3) is 0 Å². The molecule has 0 amide bonds. The summed E-state index contributed by atoms with van der Waals surface area (Å²) in [5, 5.41) is 9.88. The minimum absolute atomic E-state index is 0.272. The van der Waals surface area contributed by atoms with Crippen LogP contribution in [0.2, 0.25) is 0 Å². The topological polar surface area (TPSA) is 88.8 Å². The maximum atomic E-state index is 5.49. The third kappa shape index (κ3) is 7.21. The summed E-state index contributed by atoms with van der Waals surface area (Å²) in [6, 6.07) is 0.483. The summed E-state index contributed by atoms with van der Waals surface area (Å²) < 4.78 is 0. The van der Waals surface area contributed by atoms with Crippen LogP contribution in [0.25, 0.3) is 0 Å². The van der Waals surface area contributed by atoms with E-state index in [2.05, 4.69) is 29.5 Å². The molecule has 0 aromatic heterocycles. The Morgan fingerprint density at radius 3 is 2.55 bits per heavy atom. The highest BCUT2D eigenvalue weighted by Crippen LogP contribution is 1.88. The normalized spacial score (nSPS) is 14.5. The molecule has 5 N–H and O–H groups in total. The summed E-state index contributed by atoms with van der Waals surface area (Å²) in [5.74, 6) is 4.82. The fourth-order valence-electron chi connectivity index (χ4n) is 0.663. The standard InChI is InChI=1S/C6H17N5/c1-5(2)9-4-3-6(7)10-11-8/h5-6,9H,3-4,7H2,1-2H3,(H2,8,10). The van der Waals surface area contributed by atoms with Crippen molar-refractivity contribution >= 4 is 0 Å². The van der Waals surface area contributed by atoms with Crippen LogP contribution in [0.15, 0.2) is 10.3 Å². The van der Waals surface area contributed by atoms with E-state index in [4.69, 9.17) is 11.6 Å². The summed E-state index contributed by atoms with van der Waals surface area (Å²) in [6.45, 7) is 5.00. The molecule has 0 fully saturated rings. The third-order valence-electron chi connectivity index (χ3n) is 1.21. The molecule has 0 aromatic carbocycles. The van der Waals surface area contributed by atoms with Gasteiger partial charge in [-0.05, 0) is 13.0 Å². The summed E-state index contributed by atoms with van der Waals surface area (Å²) in [7, 11) is 0. The van der Waals surface area contributed by atoms with E-state index < -0.39 is 0 Å². The van der Waals surface area contributed by atoms with Crippen LogP contribution in [-0.4, -0.2) is 18.8 Å². The molecule has 0 aromatic rings. The molecule has 0 aliphatic carbocycles. The molecule has 0 heterocycles. The lowest BCUT2D eigenvalue weighted by Crippen LogP contribution is -2.29. The Morgan fingerprint density at radius 2 is 2.09 bits per heavy atom. The number of nitrogens with two attached hydrogens (primary N) is 2. The number of nitrogens with zero attached hydrogens (tertiary/aromatic N) is 2. The highest BCUT2D eigenvalue weighted by Gasteiger charge is 1.98. The first-order chi connectivity index (χ1) is 5.16. The molecule has 0 saturated heterocycles. The van der Waals surface area contributed by atoms with E-state index in [0.717, 1.165) is 13.0 Å². The minimum Gasteiger partial charge on any atom is -0.314 e. The molecule has 0 saturated carbocycles. The predicted molar refractivity (Wildman–Crippen MR) is 44.8 cm³/mol. The third-order valence-corrected chi connectivity index (χ3v) is 1.21. The first-order valence-electron chi connectivity index (χ1n) is 3.75. The number of rotatable bonds is 5. The molecular formula is C6H17N5. The van der Waals surface area contributed by atoms with E-state index in [9.17, 15) is 0 Å². The van der Waals surface area contributed by atoms with E-state index in [0.29, 0.717) is 6.04 Å². The highest BCUT2D eigenvalue weighted by atomic mass is 15.3. The van der Waals surface area contributed by atoms with Gasteiger partial charge in [0.15, 0.2) is 0 Å². The minimum atomic E-state index is -0.272. The van der Waals surface area contributed by atoms with Gasteiger partial charge in [-0.25, -0.2) is 0 Å². The van der Waals surface area contributed by atoms with Gasteiger partial charge in [0.1, 0.15) is 6.17 Å². The van der Waals surface area contributed by atoms with Crippen molar-refractivity contribution in [1.82, 2.24) is 5.32 Å². The first-order valence-corrected chi connectivity index (χ1v) is 3.75. The Morgan fingerprint density at radius 1 is 1.45 bits per heavy atom. The zero-order valence-electron chi connectivity index (χ0n) is 7.12. The molecular weight excluding hydrogens is 142 g/mol. The second-order valence-electron chi connectivity index (χ2n) is 2.70. The second kappa shape index (κ2) is 6.06. The average molecular weight is 159 g/mol. The van der Waals surface area contributed by atoms with Gasteiger partial charge in [0.05, 0.1) is 0 Å². The molecule has 5 heteroatoms. The highest BCUT2D eigenvalue weighted by molar-refractivity contribution is 4.59. The summed E-state index contributed by atoms with van der Waals surface area (Å²) in [4.78, 5) is 0. The van der Waals surface area contributed by atoms with Gasteiger partial charge in [-0.15, -0.1) is 0 Å². The summed E-state index contributed by atoms with van der Waals surface area (Å²) in [6.07, 6.45) is 0.491. The van der Waals surface area contributed by atoms with Crippen molar-refractivity contribution in [3.05, 3.63) is 0 Å². The smallest absolute Gasteiger partial charge is 0.121 e. The van der Waals surface area contributed by atoms with Crippen molar-refractivity contribution < 1.29 is 0 Å². The van der Waals surface area contributed by atoms with Crippen LogP contribution in [0.4, 0.5) is 0 Å². The average Bonchev–Trinajstić information content (AvgIpc) is 1.87. The van der Waals surface area contributed by atoms with Gasteiger partial charge >= 0.3 is 0 Å². The molecule has 0 bridgehead atoms. The number of hydrogen-bond acceptors (Lipinski definition) is 4. The van der Waals surface area contributed by atoms with Crippen molar-refractivity contribution in [1.29, 1.82) is 0 Å². The predicted octanol–water partition coefficient (Wildman–Crippen LogP) is -0.0148. The van der Waals surface area contributed by atoms with Crippen LogP contribution in [0.1, 0.15) is 20.3 Å². The van der Waals surface area contributed by atoms with Gasteiger partial charge in [0.2, 0.25) is 0 Å². The zero-order valence-corrected chi connectivity index (χ0v) is 7.12. The zero-order chi connectivity index (χ0) is 8.69. The largest absolute Gasteiger partial charge is 0.314 e. The van der Waals surface area contributed by atoms with Crippen molar-refractivity contribution in [2.45, 2.75) is 32.5 Å². The van der Waals surface area contributed by atoms with Crippen LogP contribution < -0.4 is 16.9 Å². The van der Waals surface area contributed by atoms with E-state index in [-0.39, 0.29) is 6.17 Å². The van der Waals surface area contributed by atoms with E-state index in [1.54, 1.807) is 0 Å². The molecule has 1 unspecified atom stereocenters. The molecule has 66 valence electrons. The Bertz CT molecular complexity index is 112. The van der Waals surface area contributed by atoms with Crippen molar-refractivity contribution in [3.8, 4) is 0 Å². The van der Waals surface area contributed by atoms with Crippen LogP contribution in [0.3, 0.4) is 0 Å².